The van der Waals surface area contributed by atoms with Crippen LogP contribution in [-0.4, -0.2) is 117 Å². The van der Waals surface area contributed by atoms with Crippen LogP contribution in [0.5, 0.6) is 0 Å². The predicted octanol–water partition coefficient (Wildman–Crippen LogP) is 4.74. The molecular weight excluding hydrogens is 658 g/mol. The van der Waals surface area contributed by atoms with Gasteiger partial charge in [0, 0.05) is 97.5 Å². The lowest BCUT2D eigenvalue weighted by Gasteiger charge is -2.45. The number of carbonyl (C=O) groups excluding carboxylic acids is 1. The van der Waals surface area contributed by atoms with Gasteiger partial charge in [-0.25, -0.2) is 13.6 Å². The zero-order chi connectivity index (χ0) is 33.9. The molecule has 3 aliphatic rings. The van der Waals surface area contributed by atoms with Gasteiger partial charge in [0.15, 0.2) is 0 Å². The van der Waals surface area contributed by atoms with Gasteiger partial charge in [-0.15, -0.1) is 11.8 Å². The molecule has 0 N–H and O–H groups in total. The molecule has 0 radical (unpaired) electrons. The van der Waals surface area contributed by atoms with Crippen molar-refractivity contribution >= 4 is 56.9 Å². The molecule has 0 saturated carbocycles. The Morgan fingerprint density at radius 1 is 1.12 bits per heavy atom. The van der Waals surface area contributed by atoms with E-state index in [1.807, 2.05) is 60.6 Å². The maximum atomic E-state index is 14.3. The number of piperazine rings is 2. The molecule has 48 heavy (non-hydrogen) atoms. The third-order valence-electron chi connectivity index (χ3n) is 9.96. The van der Waals surface area contributed by atoms with Gasteiger partial charge >= 0.3 is 5.69 Å². The minimum Gasteiger partial charge on any atom is -0.349 e. The summed E-state index contributed by atoms with van der Waals surface area (Å²) in [5.41, 5.74) is 3.21. The van der Waals surface area contributed by atoms with E-state index in [0.29, 0.717) is 62.4 Å². The summed E-state index contributed by atoms with van der Waals surface area (Å²) in [6.07, 6.45) is 0.820. The van der Waals surface area contributed by atoms with Crippen LogP contribution in [0.2, 0.25) is 5.02 Å². The van der Waals surface area contributed by atoms with E-state index < -0.39 is 6.43 Å². The van der Waals surface area contributed by atoms with Crippen LogP contribution in [-0.2, 0) is 11.8 Å². The first-order valence-corrected chi connectivity index (χ1v) is 17.7. The van der Waals surface area contributed by atoms with Crippen LogP contribution in [0.25, 0.3) is 32.9 Å². The van der Waals surface area contributed by atoms with Gasteiger partial charge in [0.2, 0.25) is 5.91 Å². The number of alkyl halides is 2. The second kappa shape index (κ2) is 13.1. The number of hydrogen-bond acceptors (Lipinski definition) is 8. The average Bonchev–Trinajstić information content (AvgIpc) is 3.45. The smallest absolute Gasteiger partial charge is 0.349 e. The summed E-state index contributed by atoms with van der Waals surface area (Å²) in [6.45, 7) is 11.5. The van der Waals surface area contributed by atoms with Crippen LogP contribution in [0.3, 0.4) is 0 Å². The lowest BCUT2D eigenvalue weighted by Crippen LogP contribution is -2.58. The molecule has 14 heteroatoms. The first kappa shape index (κ1) is 33.0. The van der Waals surface area contributed by atoms with Gasteiger partial charge in [0.25, 0.3) is 6.43 Å². The molecule has 0 bridgehead atoms. The van der Waals surface area contributed by atoms with Crippen molar-refractivity contribution in [2.75, 3.05) is 63.0 Å². The quantitative estimate of drug-likeness (QED) is 0.257. The Hall–Kier alpha value is -3.52. The van der Waals surface area contributed by atoms with Gasteiger partial charge < -0.3 is 9.80 Å². The van der Waals surface area contributed by atoms with Gasteiger partial charge in [-0.3, -0.25) is 23.8 Å². The van der Waals surface area contributed by atoms with Crippen molar-refractivity contribution in [1.82, 2.24) is 34.0 Å². The van der Waals surface area contributed by atoms with E-state index in [9.17, 15) is 18.4 Å². The second-order valence-electron chi connectivity index (χ2n) is 13.1. The summed E-state index contributed by atoms with van der Waals surface area (Å²) >= 11 is 8.94. The number of para-hydroxylation sites is 1. The standard InChI is InChI=1S/C34H39ClF2N8O2S/c1-5-28(46)43-15-21(3)44(16-20(43)2)33-25-13-26(35)29(24-8-6-7-22-14-38-40(4)30(22)24)32-31(25)45(34(47)39-33)23(19-48-32)17-41-9-11-42(12-10-41)18-27(36)37/h5-8,13-14,20-21,23,27H,1,9-12,15-19H2,2-4H3/t20-,21+,23+/m1/s1. The topological polar surface area (TPSA) is 82.7 Å². The van der Waals surface area contributed by atoms with E-state index >= 15 is 0 Å². The highest BCUT2D eigenvalue weighted by Crippen LogP contribution is 2.49. The molecule has 254 valence electrons. The molecule has 2 fully saturated rings. The number of benzene rings is 2. The summed E-state index contributed by atoms with van der Waals surface area (Å²) in [6, 6.07) is 7.58. The number of rotatable bonds is 7. The molecular formula is C34H39ClF2N8O2S. The molecule has 0 aliphatic carbocycles. The molecule has 4 aromatic rings. The van der Waals surface area contributed by atoms with E-state index in [0.717, 1.165) is 37.8 Å². The van der Waals surface area contributed by atoms with Gasteiger partial charge in [-0.2, -0.15) is 10.1 Å². The number of amides is 1. The summed E-state index contributed by atoms with van der Waals surface area (Å²) in [4.78, 5) is 40.5. The zero-order valence-electron chi connectivity index (χ0n) is 27.3. The summed E-state index contributed by atoms with van der Waals surface area (Å²) in [7, 11) is 1.91. The summed E-state index contributed by atoms with van der Waals surface area (Å²) in [5, 5.41) is 6.84. The molecule has 2 aromatic heterocycles. The Labute approximate surface area is 286 Å². The molecule has 5 heterocycles. The summed E-state index contributed by atoms with van der Waals surface area (Å²) in [5.74, 6) is 1.07. The number of hydrogen-bond donors (Lipinski definition) is 0. The van der Waals surface area contributed by atoms with Crippen molar-refractivity contribution in [3.05, 3.63) is 58.6 Å². The molecule has 0 spiro atoms. The number of nitrogens with zero attached hydrogens (tertiary/aromatic N) is 8. The molecule has 0 unspecified atom stereocenters. The van der Waals surface area contributed by atoms with Crippen LogP contribution >= 0.6 is 23.4 Å². The molecule has 3 atom stereocenters. The fourth-order valence-corrected chi connectivity index (χ4v) is 9.28. The van der Waals surface area contributed by atoms with Crippen LogP contribution in [0.1, 0.15) is 19.9 Å². The van der Waals surface area contributed by atoms with Crippen molar-refractivity contribution in [2.45, 2.75) is 43.3 Å². The Balaban J connectivity index is 1.36. The third-order valence-corrected chi connectivity index (χ3v) is 11.5. The number of thioether (sulfide) groups is 1. The summed E-state index contributed by atoms with van der Waals surface area (Å²) < 4.78 is 29.7. The molecule has 3 aliphatic heterocycles. The molecule has 2 saturated heterocycles. The monoisotopic (exact) mass is 696 g/mol. The van der Waals surface area contributed by atoms with Crippen LogP contribution < -0.4 is 10.6 Å². The molecule has 10 nitrogen and oxygen atoms in total. The lowest BCUT2D eigenvalue weighted by molar-refractivity contribution is -0.128. The largest absolute Gasteiger partial charge is 0.350 e. The number of anilines is 1. The molecule has 1 amide bonds. The van der Waals surface area contributed by atoms with Crippen molar-refractivity contribution in [1.29, 1.82) is 0 Å². The van der Waals surface area contributed by atoms with E-state index in [-0.39, 0.29) is 36.3 Å². The van der Waals surface area contributed by atoms with Crippen molar-refractivity contribution < 1.29 is 13.6 Å². The number of halogens is 3. The van der Waals surface area contributed by atoms with Crippen molar-refractivity contribution in [3.63, 3.8) is 0 Å². The Morgan fingerprint density at radius 2 is 1.88 bits per heavy atom. The average molecular weight is 697 g/mol. The first-order valence-electron chi connectivity index (χ1n) is 16.3. The lowest BCUT2D eigenvalue weighted by atomic mass is 9.99. The van der Waals surface area contributed by atoms with Crippen LogP contribution in [0, 0.1) is 0 Å². The van der Waals surface area contributed by atoms with E-state index in [1.165, 1.54) is 6.08 Å². The van der Waals surface area contributed by atoms with E-state index in [4.69, 9.17) is 16.6 Å². The highest BCUT2D eigenvalue weighted by molar-refractivity contribution is 7.99. The molecule has 7 rings (SSSR count). The fourth-order valence-electron chi connectivity index (χ4n) is 7.59. The van der Waals surface area contributed by atoms with Crippen LogP contribution in [0.15, 0.2) is 52.8 Å². The van der Waals surface area contributed by atoms with Gasteiger partial charge in [0.1, 0.15) is 5.82 Å². The SMILES string of the molecule is C=CC(=O)N1C[C@H](C)N(c2nc(=O)n3c4c(c(-c5cccc6cnn(C)c56)c(Cl)cc24)SC[C@@H]3CN2CCN(CC(F)F)CC2)C[C@H]1C. The van der Waals surface area contributed by atoms with E-state index in [2.05, 4.69) is 21.5 Å². The van der Waals surface area contributed by atoms with Gasteiger partial charge in [0.05, 0.1) is 34.8 Å². The number of fused-ring (bicyclic) bond motifs is 1. The van der Waals surface area contributed by atoms with Gasteiger partial charge in [-0.05, 0) is 26.0 Å². The number of aromatic nitrogens is 4. The predicted molar refractivity (Wildman–Crippen MR) is 188 cm³/mol. The van der Waals surface area contributed by atoms with Crippen molar-refractivity contribution in [2.24, 2.45) is 7.05 Å². The Kier molecular flexibility index (Phi) is 8.99. The van der Waals surface area contributed by atoms with Crippen LogP contribution in [0.4, 0.5) is 14.6 Å². The van der Waals surface area contributed by atoms with Crippen molar-refractivity contribution in [3.8, 4) is 11.1 Å². The Morgan fingerprint density at radius 3 is 2.60 bits per heavy atom. The fraction of sp³-hybridized carbons (Fsp3) is 0.471. The normalized spacial score (nSPS) is 22.3. The third kappa shape index (κ3) is 5.78. The van der Waals surface area contributed by atoms with Gasteiger partial charge in [-0.1, -0.05) is 36.4 Å². The minimum atomic E-state index is -2.35. The number of carbonyl (C=O) groups is 1. The number of aryl methyl sites for hydroxylation is 1. The molecule has 2 aromatic carbocycles. The maximum Gasteiger partial charge on any atom is 0.350 e. The highest BCUT2D eigenvalue weighted by Gasteiger charge is 2.36. The highest BCUT2D eigenvalue weighted by atomic mass is 35.5. The first-order chi connectivity index (χ1) is 23.0. The maximum absolute atomic E-state index is 14.3. The zero-order valence-corrected chi connectivity index (χ0v) is 28.9. The second-order valence-corrected chi connectivity index (χ2v) is 14.5. The Bertz CT molecular complexity index is 1960. The minimum absolute atomic E-state index is 0.114. The van der Waals surface area contributed by atoms with E-state index in [1.54, 1.807) is 21.6 Å².